The van der Waals surface area contributed by atoms with Gasteiger partial charge in [-0.15, -0.1) is 11.3 Å². The summed E-state index contributed by atoms with van der Waals surface area (Å²) in [6.45, 7) is 2.08. The Balaban J connectivity index is 1.89. The third-order valence-electron chi connectivity index (χ3n) is 3.44. The molecule has 2 rings (SSSR count). The van der Waals surface area contributed by atoms with Crippen LogP contribution in [0.5, 0.6) is 5.75 Å². The molecule has 0 spiro atoms. The molecule has 1 unspecified atom stereocenters. The van der Waals surface area contributed by atoms with Crippen LogP contribution in [-0.2, 0) is 11.2 Å². The average molecular weight is 303 g/mol. The van der Waals surface area contributed by atoms with E-state index in [4.69, 9.17) is 4.74 Å². The number of benzene rings is 1. The number of nitrogens with one attached hydrogen (secondary N) is 1. The van der Waals surface area contributed by atoms with Crippen molar-refractivity contribution in [3.63, 3.8) is 0 Å². The zero-order valence-corrected chi connectivity index (χ0v) is 13.3. The summed E-state index contributed by atoms with van der Waals surface area (Å²) in [5, 5.41) is 5.15. The van der Waals surface area contributed by atoms with E-state index in [1.807, 2.05) is 35.7 Å². The summed E-state index contributed by atoms with van der Waals surface area (Å²) < 4.78 is 5.16. The third-order valence-corrected chi connectivity index (χ3v) is 4.38. The zero-order valence-electron chi connectivity index (χ0n) is 12.5. The Morgan fingerprint density at radius 1 is 1.29 bits per heavy atom. The molecule has 0 saturated heterocycles. The van der Waals surface area contributed by atoms with E-state index >= 15 is 0 Å². The number of rotatable bonds is 7. The summed E-state index contributed by atoms with van der Waals surface area (Å²) >= 11 is 1.70. The second-order valence-electron chi connectivity index (χ2n) is 4.88. The molecule has 2 aromatic rings. The first-order valence-corrected chi connectivity index (χ1v) is 8.06. The molecule has 4 heteroatoms. The second kappa shape index (κ2) is 7.84. The van der Waals surface area contributed by atoms with Gasteiger partial charge in [0.25, 0.3) is 0 Å². The first-order valence-electron chi connectivity index (χ1n) is 7.18. The maximum Gasteiger partial charge on any atom is 0.220 e. The second-order valence-corrected chi connectivity index (χ2v) is 5.91. The van der Waals surface area contributed by atoms with Crippen molar-refractivity contribution >= 4 is 17.2 Å². The van der Waals surface area contributed by atoms with Crippen molar-refractivity contribution in [3.05, 3.63) is 52.2 Å². The summed E-state index contributed by atoms with van der Waals surface area (Å²) in [5.74, 6) is 0.934. The van der Waals surface area contributed by atoms with Gasteiger partial charge in [0.05, 0.1) is 13.2 Å². The maximum absolute atomic E-state index is 12.1. The van der Waals surface area contributed by atoms with Gasteiger partial charge in [-0.05, 0) is 42.0 Å². The van der Waals surface area contributed by atoms with Gasteiger partial charge >= 0.3 is 0 Å². The lowest BCUT2D eigenvalue weighted by atomic mass is 10.0. The molecule has 1 atom stereocenters. The molecule has 1 N–H and O–H groups in total. The van der Waals surface area contributed by atoms with Gasteiger partial charge in [-0.1, -0.05) is 25.1 Å². The number of hydrogen-bond donors (Lipinski definition) is 1. The number of hydrogen-bond acceptors (Lipinski definition) is 3. The van der Waals surface area contributed by atoms with E-state index in [1.165, 1.54) is 4.88 Å². The van der Waals surface area contributed by atoms with Crippen molar-refractivity contribution in [2.24, 2.45) is 0 Å². The van der Waals surface area contributed by atoms with E-state index in [2.05, 4.69) is 18.3 Å². The predicted octanol–water partition coefficient (Wildman–Crippen LogP) is 3.96. The van der Waals surface area contributed by atoms with Crippen LogP contribution in [0.2, 0.25) is 0 Å². The SMILES string of the molecule is CCC(NC(=O)CCc1cccs1)c1ccc(OC)cc1. The predicted molar refractivity (Wildman–Crippen MR) is 86.8 cm³/mol. The molecule has 1 heterocycles. The summed E-state index contributed by atoms with van der Waals surface area (Å²) in [7, 11) is 1.65. The largest absolute Gasteiger partial charge is 0.497 e. The lowest BCUT2D eigenvalue weighted by Gasteiger charge is -2.17. The number of thiophene rings is 1. The van der Waals surface area contributed by atoms with E-state index < -0.39 is 0 Å². The van der Waals surface area contributed by atoms with E-state index in [-0.39, 0.29) is 11.9 Å². The fourth-order valence-corrected chi connectivity index (χ4v) is 2.92. The number of carbonyl (C=O) groups is 1. The third kappa shape index (κ3) is 4.60. The lowest BCUT2D eigenvalue weighted by Crippen LogP contribution is -2.28. The first-order chi connectivity index (χ1) is 10.2. The quantitative estimate of drug-likeness (QED) is 0.841. The van der Waals surface area contributed by atoms with Crippen molar-refractivity contribution in [2.75, 3.05) is 7.11 Å². The topological polar surface area (TPSA) is 38.3 Å². The van der Waals surface area contributed by atoms with Gasteiger partial charge in [-0.3, -0.25) is 4.79 Å². The molecule has 1 aromatic carbocycles. The molecule has 0 bridgehead atoms. The van der Waals surface area contributed by atoms with Crippen molar-refractivity contribution < 1.29 is 9.53 Å². The van der Waals surface area contributed by atoms with Crippen molar-refractivity contribution in [1.29, 1.82) is 0 Å². The molecule has 3 nitrogen and oxygen atoms in total. The average Bonchev–Trinajstić information content (AvgIpc) is 3.04. The Morgan fingerprint density at radius 2 is 2.05 bits per heavy atom. The van der Waals surface area contributed by atoms with Gasteiger partial charge < -0.3 is 10.1 Å². The van der Waals surface area contributed by atoms with Gasteiger partial charge in [-0.25, -0.2) is 0 Å². The minimum Gasteiger partial charge on any atom is -0.497 e. The van der Waals surface area contributed by atoms with Crippen molar-refractivity contribution in [1.82, 2.24) is 5.32 Å². The van der Waals surface area contributed by atoms with E-state index in [0.717, 1.165) is 24.2 Å². The van der Waals surface area contributed by atoms with Crippen LogP contribution in [0.25, 0.3) is 0 Å². The van der Waals surface area contributed by atoms with Crippen LogP contribution < -0.4 is 10.1 Å². The standard InChI is InChI=1S/C17H21NO2S/c1-3-16(13-6-8-14(20-2)9-7-13)18-17(19)11-10-15-5-4-12-21-15/h4-9,12,16H,3,10-11H2,1-2H3,(H,18,19). The van der Waals surface area contributed by atoms with Crippen molar-refractivity contribution in [2.45, 2.75) is 32.2 Å². The van der Waals surface area contributed by atoms with Crippen LogP contribution in [0.4, 0.5) is 0 Å². The minimum atomic E-state index is 0.0618. The molecule has 0 radical (unpaired) electrons. The van der Waals surface area contributed by atoms with Crippen LogP contribution >= 0.6 is 11.3 Å². The number of amides is 1. The number of methoxy groups -OCH3 is 1. The zero-order chi connectivity index (χ0) is 15.1. The molecule has 1 aromatic heterocycles. The fraction of sp³-hybridized carbons (Fsp3) is 0.353. The van der Waals surface area contributed by atoms with Gasteiger partial charge in [0.2, 0.25) is 5.91 Å². The number of aryl methyl sites for hydroxylation is 1. The highest BCUT2D eigenvalue weighted by molar-refractivity contribution is 7.09. The highest BCUT2D eigenvalue weighted by Crippen LogP contribution is 2.20. The maximum atomic E-state index is 12.1. The molecular formula is C17H21NO2S. The first kappa shape index (κ1) is 15.6. The van der Waals surface area contributed by atoms with Gasteiger partial charge in [0.15, 0.2) is 0 Å². The molecular weight excluding hydrogens is 282 g/mol. The monoisotopic (exact) mass is 303 g/mol. The van der Waals surface area contributed by atoms with Crippen LogP contribution in [0, 0.1) is 0 Å². The molecule has 0 fully saturated rings. The van der Waals surface area contributed by atoms with Crippen LogP contribution in [0.1, 0.15) is 36.2 Å². The summed E-state index contributed by atoms with van der Waals surface area (Å²) in [5.41, 5.74) is 1.11. The fourth-order valence-electron chi connectivity index (χ4n) is 2.22. The summed E-state index contributed by atoms with van der Waals surface area (Å²) in [6, 6.07) is 12.0. The van der Waals surface area contributed by atoms with Crippen LogP contribution in [-0.4, -0.2) is 13.0 Å². The molecule has 21 heavy (non-hydrogen) atoms. The molecule has 0 saturated carbocycles. The Kier molecular flexibility index (Phi) is 5.81. The van der Waals surface area contributed by atoms with Crippen molar-refractivity contribution in [3.8, 4) is 5.75 Å². The molecule has 1 amide bonds. The Hall–Kier alpha value is -1.81. The van der Waals surface area contributed by atoms with E-state index in [1.54, 1.807) is 18.4 Å². The smallest absolute Gasteiger partial charge is 0.220 e. The normalized spacial score (nSPS) is 11.9. The van der Waals surface area contributed by atoms with E-state index in [9.17, 15) is 4.79 Å². The number of carbonyl (C=O) groups excluding carboxylic acids is 1. The number of ether oxygens (including phenoxy) is 1. The minimum absolute atomic E-state index is 0.0618. The van der Waals surface area contributed by atoms with Crippen LogP contribution in [0.3, 0.4) is 0 Å². The molecule has 0 aliphatic carbocycles. The van der Waals surface area contributed by atoms with Crippen LogP contribution in [0.15, 0.2) is 41.8 Å². The Bertz CT molecular complexity index is 549. The summed E-state index contributed by atoms with van der Waals surface area (Å²) in [4.78, 5) is 13.3. The lowest BCUT2D eigenvalue weighted by molar-refractivity contribution is -0.121. The Labute approximate surface area is 130 Å². The van der Waals surface area contributed by atoms with Gasteiger partial charge in [-0.2, -0.15) is 0 Å². The molecule has 0 aliphatic heterocycles. The highest BCUT2D eigenvalue weighted by Gasteiger charge is 2.12. The summed E-state index contributed by atoms with van der Waals surface area (Å²) in [6.07, 6.45) is 2.22. The highest BCUT2D eigenvalue weighted by atomic mass is 32.1. The van der Waals surface area contributed by atoms with E-state index in [0.29, 0.717) is 6.42 Å². The van der Waals surface area contributed by atoms with Gasteiger partial charge in [0.1, 0.15) is 5.75 Å². The van der Waals surface area contributed by atoms with Gasteiger partial charge in [0, 0.05) is 11.3 Å². The Morgan fingerprint density at radius 3 is 2.62 bits per heavy atom. The molecule has 0 aliphatic rings. The molecule has 112 valence electrons.